The van der Waals surface area contributed by atoms with E-state index in [-0.39, 0.29) is 0 Å². The van der Waals surface area contributed by atoms with Crippen molar-refractivity contribution in [2.45, 2.75) is 45.1 Å². The molecule has 0 aliphatic heterocycles. The van der Waals surface area contributed by atoms with Gasteiger partial charge in [-0.25, -0.2) is 0 Å². The summed E-state index contributed by atoms with van der Waals surface area (Å²) in [5.74, 6) is 0. The van der Waals surface area contributed by atoms with Gasteiger partial charge < -0.3 is 15.5 Å². The van der Waals surface area contributed by atoms with Gasteiger partial charge in [0.1, 0.15) is 0 Å². The molecule has 2 rings (SSSR count). The molecule has 1 fully saturated rings. The molecule has 0 radical (unpaired) electrons. The maximum atomic E-state index is 6.01. The molecule has 0 unspecified atom stereocenters. The standard InChI is InChI=1S/C14H24N2O/c15-11-14(6-3-1-2-4-7-14)12-16-9-13-5-8-17-10-13/h5,8,10,16H,1-4,6-7,9,11-12,15H2. The van der Waals surface area contributed by atoms with Crippen molar-refractivity contribution in [2.24, 2.45) is 11.1 Å². The molecule has 0 aromatic carbocycles. The molecule has 3 nitrogen and oxygen atoms in total. The summed E-state index contributed by atoms with van der Waals surface area (Å²) >= 11 is 0. The number of nitrogens with one attached hydrogen (secondary N) is 1. The fourth-order valence-corrected chi connectivity index (χ4v) is 2.80. The highest BCUT2D eigenvalue weighted by Crippen LogP contribution is 2.33. The van der Waals surface area contributed by atoms with Gasteiger partial charge in [-0.3, -0.25) is 0 Å². The summed E-state index contributed by atoms with van der Waals surface area (Å²) in [6, 6.07) is 2.01. The Morgan fingerprint density at radius 3 is 2.59 bits per heavy atom. The molecule has 0 atom stereocenters. The van der Waals surface area contributed by atoms with Crippen LogP contribution in [0.25, 0.3) is 0 Å². The summed E-state index contributed by atoms with van der Waals surface area (Å²) in [6.45, 7) is 2.73. The van der Waals surface area contributed by atoms with Crippen LogP contribution in [0.3, 0.4) is 0 Å². The molecule has 0 saturated heterocycles. The summed E-state index contributed by atoms with van der Waals surface area (Å²) < 4.78 is 5.06. The predicted octanol–water partition coefficient (Wildman–Crippen LogP) is 2.67. The lowest BCUT2D eigenvalue weighted by Crippen LogP contribution is -2.39. The van der Waals surface area contributed by atoms with Crippen LogP contribution in [0.5, 0.6) is 0 Å². The van der Waals surface area contributed by atoms with E-state index in [1.54, 1.807) is 12.5 Å². The third-order valence-corrected chi connectivity index (χ3v) is 4.01. The van der Waals surface area contributed by atoms with Crippen molar-refractivity contribution in [2.75, 3.05) is 13.1 Å². The SMILES string of the molecule is NCC1(CNCc2ccoc2)CCCCCC1. The molecule has 0 spiro atoms. The molecule has 1 aliphatic carbocycles. The molecule has 1 aromatic heterocycles. The molecule has 1 saturated carbocycles. The second-order valence-electron chi connectivity index (χ2n) is 5.35. The number of rotatable bonds is 5. The van der Waals surface area contributed by atoms with Gasteiger partial charge in [0, 0.05) is 18.7 Å². The van der Waals surface area contributed by atoms with E-state index in [9.17, 15) is 0 Å². The first-order chi connectivity index (χ1) is 8.35. The lowest BCUT2D eigenvalue weighted by molar-refractivity contribution is 0.241. The summed E-state index contributed by atoms with van der Waals surface area (Å²) in [6.07, 6.45) is 11.5. The number of nitrogens with two attached hydrogens (primary N) is 1. The number of hydrogen-bond donors (Lipinski definition) is 2. The molecule has 3 heteroatoms. The van der Waals surface area contributed by atoms with Crippen molar-refractivity contribution >= 4 is 0 Å². The molecule has 1 aliphatic rings. The molecule has 17 heavy (non-hydrogen) atoms. The van der Waals surface area contributed by atoms with Crippen LogP contribution >= 0.6 is 0 Å². The van der Waals surface area contributed by atoms with E-state index in [1.807, 2.05) is 6.07 Å². The average molecular weight is 236 g/mol. The Labute approximate surface area is 104 Å². The van der Waals surface area contributed by atoms with E-state index in [1.165, 1.54) is 44.1 Å². The summed E-state index contributed by atoms with van der Waals surface area (Å²) in [5, 5.41) is 3.54. The van der Waals surface area contributed by atoms with E-state index in [0.29, 0.717) is 5.41 Å². The number of hydrogen-bond acceptors (Lipinski definition) is 3. The van der Waals surface area contributed by atoms with Gasteiger partial charge in [-0.05, 0) is 30.9 Å². The Kier molecular flexibility index (Phi) is 4.63. The van der Waals surface area contributed by atoms with E-state index in [0.717, 1.165) is 19.6 Å². The van der Waals surface area contributed by atoms with Gasteiger partial charge in [0.2, 0.25) is 0 Å². The zero-order valence-electron chi connectivity index (χ0n) is 10.6. The second kappa shape index (κ2) is 6.22. The van der Waals surface area contributed by atoms with E-state index in [2.05, 4.69) is 5.32 Å². The van der Waals surface area contributed by atoms with Crippen LogP contribution < -0.4 is 11.1 Å². The highest BCUT2D eigenvalue weighted by molar-refractivity contribution is 5.04. The van der Waals surface area contributed by atoms with Gasteiger partial charge in [-0.15, -0.1) is 0 Å². The predicted molar refractivity (Wildman–Crippen MR) is 69.6 cm³/mol. The molecule has 1 heterocycles. The zero-order valence-corrected chi connectivity index (χ0v) is 10.6. The van der Waals surface area contributed by atoms with Gasteiger partial charge in [-0.2, -0.15) is 0 Å². The highest BCUT2D eigenvalue weighted by Gasteiger charge is 2.28. The first-order valence-corrected chi connectivity index (χ1v) is 6.77. The molecular weight excluding hydrogens is 212 g/mol. The van der Waals surface area contributed by atoms with Crippen LogP contribution in [0.1, 0.15) is 44.1 Å². The van der Waals surface area contributed by atoms with Crippen LogP contribution in [0.15, 0.2) is 23.0 Å². The minimum absolute atomic E-state index is 0.334. The van der Waals surface area contributed by atoms with Crippen molar-refractivity contribution in [3.8, 4) is 0 Å². The van der Waals surface area contributed by atoms with Crippen molar-refractivity contribution in [3.05, 3.63) is 24.2 Å². The first kappa shape index (κ1) is 12.7. The maximum absolute atomic E-state index is 6.01. The topological polar surface area (TPSA) is 51.2 Å². The van der Waals surface area contributed by atoms with Gasteiger partial charge in [0.05, 0.1) is 12.5 Å². The van der Waals surface area contributed by atoms with Crippen LogP contribution in [-0.4, -0.2) is 13.1 Å². The monoisotopic (exact) mass is 236 g/mol. The fraction of sp³-hybridized carbons (Fsp3) is 0.714. The van der Waals surface area contributed by atoms with Gasteiger partial charge in [0.25, 0.3) is 0 Å². The average Bonchev–Trinajstić information content (AvgIpc) is 2.75. The smallest absolute Gasteiger partial charge is 0.0947 e. The lowest BCUT2D eigenvalue weighted by atomic mass is 9.80. The third kappa shape index (κ3) is 3.58. The normalized spacial score (nSPS) is 20.1. The molecule has 96 valence electrons. The largest absolute Gasteiger partial charge is 0.472 e. The summed E-state index contributed by atoms with van der Waals surface area (Å²) in [7, 11) is 0. The Hall–Kier alpha value is -0.800. The molecule has 0 bridgehead atoms. The quantitative estimate of drug-likeness (QED) is 0.773. The maximum Gasteiger partial charge on any atom is 0.0947 e. The highest BCUT2D eigenvalue weighted by atomic mass is 16.3. The zero-order chi connectivity index (χ0) is 12.0. The molecule has 1 aromatic rings. The minimum atomic E-state index is 0.334. The van der Waals surface area contributed by atoms with Crippen molar-refractivity contribution in [1.29, 1.82) is 0 Å². The molecule has 0 amide bonds. The Bertz CT molecular complexity index is 300. The second-order valence-corrected chi connectivity index (χ2v) is 5.35. The van der Waals surface area contributed by atoms with Crippen LogP contribution in [-0.2, 0) is 6.54 Å². The third-order valence-electron chi connectivity index (χ3n) is 4.01. The fourth-order valence-electron chi connectivity index (χ4n) is 2.80. The van der Waals surface area contributed by atoms with Crippen molar-refractivity contribution in [1.82, 2.24) is 5.32 Å². The molecular formula is C14H24N2O. The first-order valence-electron chi connectivity index (χ1n) is 6.77. The van der Waals surface area contributed by atoms with Crippen LogP contribution in [0.2, 0.25) is 0 Å². The van der Waals surface area contributed by atoms with Crippen LogP contribution in [0.4, 0.5) is 0 Å². The Morgan fingerprint density at radius 1 is 1.24 bits per heavy atom. The van der Waals surface area contributed by atoms with Crippen molar-refractivity contribution in [3.63, 3.8) is 0 Å². The van der Waals surface area contributed by atoms with Gasteiger partial charge in [0.15, 0.2) is 0 Å². The minimum Gasteiger partial charge on any atom is -0.472 e. The Balaban J connectivity index is 1.81. The van der Waals surface area contributed by atoms with E-state index < -0.39 is 0 Å². The van der Waals surface area contributed by atoms with Crippen LogP contribution in [0, 0.1) is 5.41 Å². The van der Waals surface area contributed by atoms with Crippen molar-refractivity contribution < 1.29 is 4.42 Å². The van der Waals surface area contributed by atoms with Gasteiger partial charge in [-0.1, -0.05) is 25.7 Å². The summed E-state index contributed by atoms with van der Waals surface area (Å²) in [4.78, 5) is 0. The van der Waals surface area contributed by atoms with Gasteiger partial charge >= 0.3 is 0 Å². The number of furan rings is 1. The lowest BCUT2D eigenvalue weighted by Gasteiger charge is -2.31. The Morgan fingerprint density at radius 2 is 2.00 bits per heavy atom. The van der Waals surface area contributed by atoms with E-state index >= 15 is 0 Å². The van der Waals surface area contributed by atoms with E-state index in [4.69, 9.17) is 10.2 Å². The summed E-state index contributed by atoms with van der Waals surface area (Å²) in [5.41, 5.74) is 7.56. The molecule has 3 N–H and O–H groups in total.